The first-order chi connectivity index (χ1) is 9.02. The van der Waals surface area contributed by atoms with Gasteiger partial charge in [-0.05, 0) is 24.0 Å². The van der Waals surface area contributed by atoms with Crippen molar-refractivity contribution in [3.63, 3.8) is 0 Å². The number of carboxylic acids is 1. The summed E-state index contributed by atoms with van der Waals surface area (Å²) in [5.74, 6) is -0.0815. The summed E-state index contributed by atoms with van der Waals surface area (Å²) in [6.07, 6.45) is -0.112. The fourth-order valence-electron chi connectivity index (χ4n) is 1.33. The van der Waals surface area contributed by atoms with Crippen LogP contribution in [0.5, 0.6) is 0 Å². The number of nitrogens with one attached hydrogen (secondary N) is 2. The number of rotatable bonds is 6. The van der Waals surface area contributed by atoms with Crippen molar-refractivity contribution in [2.45, 2.75) is 18.2 Å². The average molecular weight is 303 g/mol. The molecule has 0 bridgehead atoms. The molecule has 0 fully saturated rings. The van der Waals surface area contributed by atoms with Gasteiger partial charge in [-0.15, -0.1) is 11.8 Å². The van der Waals surface area contributed by atoms with Gasteiger partial charge in [0, 0.05) is 16.5 Å². The molecular weight excluding hydrogens is 288 g/mol. The Bertz CT molecular complexity index is 468. The number of thioether (sulfide) groups is 1. The first-order valence-electron chi connectivity index (χ1n) is 5.72. The van der Waals surface area contributed by atoms with Crippen LogP contribution in [0.3, 0.4) is 0 Å². The van der Waals surface area contributed by atoms with Gasteiger partial charge < -0.3 is 15.7 Å². The molecule has 0 aliphatic rings. The topological polar surface area (TPSA) is 78.4 Å². The summed E-state index contributed by atoms with van der Waals surface area (Å²) < 4.78 is 0. The third-order valence-electron chi connectivity index (χ3n) is 2.11. The molecule has 0 unspecified atom stereocenters. The molecule has 1 aromatic carbocycles. The minimum atomic E-state index is -0.953. The summed E-state index contributed by atoms with van der Waals surface area (Å²) >= 11 is 7.47. The lowest BCUT2D eigenvalue weighted by Crippen LogP contribution is -2.30. The Labute approximate surface area is 120 Å². The predicted octanol–water partition coefficient (Wildman–Crippen LogP) is 3.05. The molecule has 1 aromatic rings. The maximum atomic E-state index is 11.6. The van der Waals surface area contributed by atoms with Crippen molar-refractivity contribution >= 4 is 41.1 Å². The smallest absolute Gasteiger partial charge is 0.319 e. The molecule has 0 saturated carbocycles. The summed E-state index contributed by atoms with van der Waals surface area (Å²) in [4.78, 5) is 22.8. The number of carbonyl (C=O) groups excluding carboxylic acids is 1. The largest absolute Gasteiger partial charge is 0.481 e. The van der Waals surface area contributed by atoms with Gasteiger partial charge in [0.05, 0.1) is 12.1 Å². The van der Waals surface area contributed by atoms with Crippen LogP contribution < -0.4 is 10.6 Å². The molecule has 0 atom stereocenters. The van der Waals surface area contributed by atoms with Gasteiger partial charge in [-0.3, -0.25) is 4.79 Å². The quantitative estimate of drug-likeness (QED) is 0.706. The maximum absolute atomic E-state index is 11.6. The van der Waals surface area contributed by atoms with E-state index in [1.807, 2.05) is 13.0 Å². The van der Waals surface area contributed by atoms with Gasteiger partial charge in [0.1, 0.15) is 0 Å². The molecule has 1 rings (SSSR count). The van der Waals surface area contributed by atoms with Crippen molar-refractivity contribution in [1.82, 2.24) is 5.32 Å². The van der Waals surface area contributed by atoms with E-state index in [2.05, 4.69) is 10.6 Å². The van der Waals surface area contributed by atoms with Crippen LogP contribution >= 0.6 is 23.4 Å². The lowest BCUT2D eigenvalue weighted by molar-refractivity contribution is -0.136. The molecule has 5 nitrogen and oxygen atoms in total. The summed E-state index contributed by atoms with van der Waals surface area (Å²) in [6, 6.07) is 4.81. The molecule has 19 heavy (non-hydrogen) atoms. The van der Waals surface area contributed by atoms with Gasteiger partial charge in [-0.2, -0.15) is 0 Å². The fourth-order valence-corrected chi connectivity index (χ4v) is 2.24. The predicted molar refractivity (Wildman–Crippen MR) is 77.1 cm³/mol. The Morgan fingerprint density at radius 3 is 2.79 bits per heavy atom. The Kier molecular flexibility index (Phi) is 6.52. The molecule has 104 valence electrons. The fraction of sp³-hybridized carbons (Fsp3) is 0.333. The highest BCUT2D eigenvalue weighted by Gasteiger charge is 2.08. The van der Waals surface area contributed by atoms with Gasteiger partial charge in [0.25, 0.3) is 0 Å². The second kappa shape index (κ2) is 7.91. The number of amides is 2. The molecular formula is C12H15ClN2O3S. The summed E-state index contributed by atoms with van der Waals surface area (Å²) in [5, 5.41) is 14.1. The molecule has 0 aliphatic carbocycles. The monoisotopic (exact) mass is 302 g/mol. The Morgan fingerprint density at radius 1 is 1.42 bits per heavy atom. The zero-order chi connectivity index (χ0) is 14.3. The van der Waals surface area contributed by atoms with Crippen molar-refractivity contribution in [2.75, 3.05) is 17.6 Å². The Morgan fingerprint density at radius 2 is 2.16 bits per heavy atom. The molecule has 3 N–H and O–H groups in total. The Hall–Kier alpha value is -1.40. The number of carboxylic acid groups (broad SMARTS) is 1. The van der Waals surface area contributed by atoms with Crippen LogP contribution in [0.4, 0.5) is 10.5 Å². The van der Waals surface area contributed by atoms with Gasteiger partial charge in [-0.25, -0.2) is 4.79 Å². The summed E-state index contributed by atoms with van der Waals surface area (Å²) in [5.41, 5.74) is 0.618. The zero-order valence-corrected chi connectivity index (χ0v) is 12.0. The van der Waals surface area contributed by atoms with Crippen LogP contribution in [0.1, 0.15) is 13.3 Å². The highest BCUT2D eigenvalue weighted by atomic mass is 35.5. The number of carbonyl (C=O) groups is 2. The third kappa shape index (κ3) is 5.85. The van der Waals surface area contributed by atoms with E-state index in [0.29, 0.717) is 10.7 Å². The van der Waals surface area contributed by atoms with E-state index in [1.165, 1.54) is 0 Å². The number of anilines is 1. The van der Waals surface area contributed by atoms with Gasteiger partial charge in [0.15, 0.2) is 0 Å². The molecule has 7 heteroatoms. The van der Waals surface area contributed by atoms with Crippen molar-refractivity contribution in [3.8, 4) is 0 Å². The number of hydrogen-bond donors (Lipinski definition) is 3. The van der Waals surface area contributed by atoms with Crippen LogP contribution in [-0.4, -0.2) is 29.4 Å². The summed E-state index contributed by atoms with van der Waals surface area (Å²) in [6.45, 7) is 2.09. The van der Waals surface area contributed by atoms with E-state index >= 15 is 0 Å². The number of halogens is 1. The molecule has 0 aromatic heterocycles. The molecule has 0 spiro atoms. The minimum Gasteiger partial charge on any atom is -0.481 e. The van der Waals surface area contributed by atoms with Crippen LogP contribution in [0.15, 0.2) is 23.1 Å². The van der Waals surface area contributed by atoms with Crippen LogP contribution in [0.25, 0.3) is 0 Å². The molecule has 0 radical (unpaired) electrons. The van der Waals surface area contributed by atoms with Gasteiger partial charge in [0.2, 0.25) is 0 Å². The van der Waals surface area contributed by atoms with Crippen molar-refractivity contribution in [2.24, 2.45) is 0 Å². The number of benzene rings is 1. The SMILES string of the molecule is CCSc1ccc(Cl)cc1NC(=O)NCCC(=O)O. The molecule has 0 aliphatic heterocycles. The highest BCUT2D eigenvalue weighted by molar-refractivity contribution is 7.99. The van der Waals surface area contributed by atoms with Crippen LogP contribution in [-0.2, 0) is 4.79 Å². The third-order valence-corrected chi connectivity index (χ3v) is 3.30. The number of urea groups is 1. The standard InChI is InChI=1S/C12H15ClN2O3S/c1-2-19-10-4-3-8(13)7-9(10)15-12(18)14-6-5-11(16)17/h3-4,7H,2,5-6H2,1H3,(H,16,17)(H2,14,15,18). The highest BCUT2D eigenvalue weighted by Crippen LogP contribution is 2.29. The van der Waals surface area contributed by atoms with E-state index in [4.69, 9.17) is 16.7 Å². The maximum Gasteiger partial charge on any atom is 0.319 e. The lowest BCUT2D eigenvalue weighted by atomic mass is 10.3. The van der Waals surface area contributed by atoms with Gasteiger partial charge in [-0.1, -0.05) is 18.5 Å². The average Bonchev–Trinajstić information content (AvgIpc) is 2.32. The number of aliphatic carboxylic acids is 1. The van der Waals surface area contributed by atoms with Crippen LogP contribution in [0, 0.1) is 0 Å². The van der Waals surface area contributed by atoms with E-state index in [9.17, 15) is 9.59 Å². The van der Waals surface area contributed by atoms with Crippen molar-refractivity contribution in [3.05, 3.63) is 23.2 Å². The van der Waals surface area contributed by atoms with E-state index < -0.39 is 12.0 Å². The van der Waals surface area contributed by atoms with Crippen molar-refractivity contribution < 1.29 is 14.7 Å². The minimum absolute atomic E-state index is 0.0813. The first-order valence-corrected chi connectivity index (χ1v) is 7.08. The molecule has 0 saturated heterocycles. The van der Waals surface area contributed by atoms with E-state index in [1.54, 1.807) is 23.9 Å². The second-order valence-electron chi connectivity index (χ2n) is 3.60. The normalized spacial score (nSPS) is 10.0. The van der Waals surface area contributed by atoms with Gasteiger partial charge >= 0.3 is 12.0 Å². The molecule has 2 amide bonds. The van der Waals surface area contributed by atoms with Crippen molar-refractivity contribution in [1.29, 1.82) is 0 Å². The summed E-state index contributed by atoms with van der Waals surface area (Å²) in [7, 11) is 0. The Balaban J connectivity index is 2.61. The zero-order valence-electron chi connectivity index (χ0n) is 10.4. The molecule has 0 heterocycles. The van der Waals surface area contributed by atoms with Crippen LogP contribution in [0.2, 0.25) is 5.02 Å². The lowest BCUT2D eigenvalue weighted by Gasteiger charge is -2.11. The van der Waals surface area contributed by atoms with E-state index in [-0.39, 0.29) is 13.0 Å². The first kappa shape index (κ1) is 15.7. The van der Waals surface area contributed by atoms with E-state index in [0.717, 1.165) is 10.6 Å². The number of hydrogen-bond acceptors (Lipinski definition) is 3. The second-order valence-corrected chi connectivity index (χ2v) is 5.34.